The van der Waals surface area contributed by atoms with Crippen molar-refractivity contribution in [2.24, 2.45) is 0 Å². The number of hydrogen-bond acceptors (Lipinski definition) is 4. The maximum Gasteiger partial charge on any atom is 0.352 e. The van der Waals surface area contributed by atoms with Crippen LogP contribution in [0.2, 0.25) is 0 Å². The third kappa shape index (κ3) is 4.74. The van der Waals surface area contributed by atoms with Gasteiger partial charge in [0.25, 0.3) is 0 Å². The molecule has 0 aliphatic heterocycles. The molecule has 2 rings (SSSR count). The molecule has 6 heteroatoms. The molecule has 0 radical (unpaired) electrons. The molecule has 0 bridgehead atoms. The monoisotopic (exact) mass is 351 g/mol. The fourth-order valence-electron chi connectivity index (χ4n) is 2.45. The first-order chi connectivity index (χ1) is 11.6. The van der Waals surface area contributed by atoms with Crippen LogP contribution in [0.1, 0.15) is 30.8 Å². The molecule has 4 nitrogen and oxygen atoms in total. The van der Waals surface area contributed by atoms with Gasteiger partial charge in [-0.1, -0.05) is 48.5 Å². The van der Waals surface area contributed by atoms with Gasteiger partial charge in [-0.2, -0.15) is 0 Å². The molecule has 0 aliphatic rings. The number of nitrogens with one attached hydrogen (secondary N) is 1. The highest BCUT2D eigenvalue weighted by molar-refractivity contribution is 7.54. The van der Waals surface area contributed by atoms with Crippen LogP contribution in [0.25, 0.3) is 0 Å². The van der Waals surface area contributed by atoms with Crippen LogP contribution in [-0.4, -0.2) is 13.2 Å². The molecular formula is C18H23FNO3P. The summed E-state index contributed by atoms with van der Waals surface area (Å²) in [5.41, 5.74) is 1.28. The maximum absolute atomic E-state index is 14.3. The lowest BCUT2D eigenvalue weighted by atomic mass is 10.2. The Bertz CT molecular complexity index is 671. The molecular weight excluding hydrogens is 328 g/mol. The van der Waals surface area contributed by atoms with E-state index in [1.807, 2.05) is 30.3 Å². The fraction of sp³-hybridized carbons (Fsp3) is 0.333. The largest absolute Gasteiger partial charge is 0.352 e. The molecule has 0 spiro atoms. The highest BCUT2D eigenvalue weighted by Gasteiger charge is 2.38. The molecule has 0 fully saturated rings. The number of halogens is 1. The molecule has 0 saturated heterocycles. The fourth-order valence-corrected chi connectivity index (χ4v) is 4.40. The van der Waals surface area contributed by atoms with Crippen LogP contribution in [0.5, 0.6) is 0 Å². The van der Waals surface area contributed by atoms with E-state index >= 15 is 0 Å². The molecule has 0 unspecified atom stereocenters. The zero-order valence-electron chi connectivity index (χ0n) is 13.9. The van der Waals surface area contributed by atoms with Crippen molar-refractivity contribution in [3.05, 3.63) is 71.5 Å². The maximum atomic E-state index is 14.3. The van der Waals surface area contributed by atoms with Crippen LogP contribution in [0.4, 0.5) is 4.39 Å². The van der Waals surface area contributed by atoms with Gasteiger partial charge < -0.3 is 9.05 Å². The van der Waals surface area contributed by atoms with Crippen molar-refractivity contribution < 1.29 is 18.0 Å². The predicted octanol–water partition coefficient (Wildman–Crippen LogP) is 4.88. The molecule has 0 aliphatic carbocycles. The second-order valence-corrected chi connectivity index (χ2v) is 7.28. The molecule has 1 N–H and O–H groups in total. The first-order valence-corrected chi connectivity index (χ1v) is 9.62. The highest BCUT2D eigenvalue weighted by Crippen LogP contribution is 2.59. The highest BCUT2D eigenvalue weighted by atomic mass is 31.2. The first-order valence-electron chi connectivity index (χ1n) is 8.01. The summed E-state index contributed by atoms with van der Waals surface area (Å²) in [6.45, 7) is 4.33. The number of benzene rings is 2. The molecule has 0 saturated carbocycles. The van der Waals surface area contributed by atoms with Crippen LogP contribution in [-0.2, 0) is 20.2 Å². The molecule has 2 aromatic carbocycles. The molecule has 0 aromatic heterocycles. The summed E-state index contributed by atoms with van der Waals surface area (Å²) in [5, 5.41) is 3.15. The van der Waals surface area contributed by atoms with E-state index in [1.54, 1.807) is 32.0 Å². The van der Waals surface area contributed by atoms with Crippen molar-refractivity contribution in [3.63, 3.8) is 0 Å². The molecule has 24 heavy (non-hydrogen) atoms. The van der Waals surface area contributed by atoms with Crippen LogP contribution < -0.4 is 5.32 Å². The van der Waals surface area contributed by atoms with Gasteiger partial charge in [0.2, 0.25) is 0 Å². The average molecular weight is 351 g/mol. The quantitative estimate of drug-likeness (QED) is 0.654. The van der Waals surface area contributed by atoms with Gasteiger partial charge in [-0.15, -0.1) is 0 Å². The average Bonchev–Trinajstić information content (AvgIpc) is 2.58. The first kappa shape index (κ1) is 18.8. The summed E-state index contributed by atoms with van der Waals surface area (Å²) >= 11 is 0. The Hall–Kier alpha value is -1.52. The third-order valence-corrected chi connectivity index (χ3v) is 5.81. The van der Waals surface area contributed by atoms with Gasteiger partial charge in [0, 0.05) is 12.1 Å². The SMILES string of the molecule is CCOP(=O)(OCC)[C@H](NCc1ccccc1)c1ccccc1F. The lowest BCUT2D eigenvalue weighted by molar-refractivity contribution is 0.206. The topological polar surface area (TPSA) is 47.6 Å². The molecule has 0 heterocycles. The summed E-state index contributed by atoms with van der Waals surface area (Å²) in [4.78, 5) is 0. The van der Waals surface area contributed by atoms with Gasteiger partial charge in [0.15, 0.2) is 0 Å². The Balaban J connectivity index is 2.33. The summed E-state index contributed by atoms with van der Waals surface area (Å²) in [6, 6.07) is 15.9. The Morgan fingerprint density at radius 2 is 1.58 bits per heavy atom. The standard InChI is InChI=1S/C18H23FNO3P/c1-3-22-24(21,23-4-2)18(16-12-8-9-13-17(16)19)20-14-15-10-6-5-7-11-15/h5-13,18,20H,3-4,14H2,1-2H3/t18-/m0/s1. The van der Waals surface area contributed by atoms with Gasteiger partial charge in [-0.25, -0.2) is 4.39 Å². The Morgan fingerprint density at radius 3 is 2.17 bits per heavy atom. The zero-order valence-corrected chi connectivity index (χ0v) is 14.8. The van der Waals surface area contributed by atoms with Crippen LogP contribution in [0.15, 0.2) is 54.6 Å². The van der Waals surface area contributed by atoms with Crippen LogP contribution in [0.3, 0.4) is 0 Å². The van der Waals surface area contributed by atoms with Gasteiger partial charge >= 0.3 is 7.60 Å². The minimum Gasteiger partial charge on any atom is -0.308 e. The van der Waals surface area contributed by atoms with Crippen molar-refractivity contribution in [1.82, 2.24) is 5.32 Å². The normalized spacial score (nSPS) is 13.0. The summed E-state index contributed by atoms with van der Waals surface area (Å²) < 4.78 is 38.4. The van der Waals surface area contributed by atoms with E-state index in [0.717, 1.165) is 5.56 Å². The van der Waals surface area contributed by atoms with E-state index < -0.39 is 19.2 Å². The smallest absolute Gasteiger partial charge is 0.308 e. The molecule has 2 aromatic rings. The van der Waals surface area contributed by atoms with E-state index in [9.17, 15) is 8.96 Å². The predicted molar refractivity (Wildman–Crippen MR) is 93.3 cm³/mol. The van der Waals surface area contributed by atoms with Crippen LogP contribution in [0, 0.1) is 5.82 Å². The van der Waals surface area contributed by atoms with E-state index in [-0.39, 0.29) is 18.8 Å². The lowest BCUT2D eigenvalue weighted by Gasteiger charge is -2.27. The summed E-state index contributed by atoms with van der Waals surface area (Å²) in [5.74, 6) is -1.32. The van der Waals surface area contributed by atoms with Crippen LogP contribution >= 0.6 is 7.60 Å². The lowest BCUT2D eigenvalue weighted by Crippen LogP contribution is -2.24. The molecule has 1 atom stereocenters. The Morgan fingerprint density at radius 1 is 1.00 bits per heavy atom. The van der Waals surface area contributed by atoms with Crippen molar-refractivity contribution >= 4 is 7.60 Å². The Labute approximate surface area is 142 Å². The summed E-state index contributed by atoms with van der Waals surface area (Å²) in [6.07, 6.45) is 0. The van der Waals surface area contributed by atoms with E-state index in [0.29, 0.717) is 6.54 Å². The zero-order chi connectivity index (χ0) is 17.4. The van der Waals surface area contributed by atoms with E-state index in [2.05, 4.69) is 5.32 Å². The summed E-state index contributed by atoms with van der Waals surface area (Å²) in [7, 11) is -3.57. The minimum absolute atomic E-state index is 0.218. The Kier molecular flexibility index (Phi) is 7.13. The van der Waals surface area contributed by atoms with Crippen molar-refractivity contribution in [2.45, 2.75) is 26.2 Å². The van der Waals surface area contributed by atoms with Gasteiger partial charge in [0.05, 0.1) is 13.2 Å². The minimum atomic E-state index is -3.57. The second-order valence-electron chi connectivity index (χ2n) is 5.17. The van der Waals surface area contributed by atoms with Crippen molar-refractivity contribution in [1.29, 1.82) is 0 Å². The third-order valence-electron chi connectivity index (χ3n) is 3.48. The second kappa shape index (κ2) is 9.09. The van der Waals surface area contributed by atoms with Gasteiger partial charge in [0.1, 0.15) is 11.6 Å². The van der Waals surface area contributed by atoms with Gasteiger partial charge in [-0.3, -0.25) is 9.88 Å². The number of rotatable bonds is 9. The van der Waals surface area contributed by atoms with E-state index in [1.165, 1.54) is 6.07 Å². The van der Waals surface area contributed by atoms with Crippen molar-refractivity contribution in [3.8, 4) is 0 Å². The van der Waals surface area contributed by atoms with Gasteiger partial charge in [-0.05, 0) is 25.5 Å². The molecule has 0 amide bonds. The van der Waals surface area contributed by atoms with Crippen molar-refractivity contribution in [2.75, 3.05) is 13.2 Å². The van der Waals surface area contributed by atoms with E-state index in [4.69, 9.17) is 9.05 Å². The molecule has 130 valence electrons. The number of hydrogen-bond donors (Lipinski definition) is 1.